The Morgan fingerprint density at radius 3 is 2.41 bits per heavy atom. The molecule has 2 atom stereocenters. The highest BCUT2D eigenvalue weighted by atomic mass is 16.5. The van der Waals surface area contributed by atoms with Crippen molar-refractivity contribution in [3.05, 3.63) is 65.7 Å². The van der Waals surface area contributed by atoms with E-state index in [2.05, 4.69) is 5.32 Å². The van der Waals surface area contributed by atoms with Crippen molar-refractivity contribution in [1.82, 2.24) is 5.32 Å². The Labute approximate surface area is 131 Å². The second-order valence-electron chi connectivity index (χ2n) is 5.35. The smallest absolute Gasteiger partial charge is 0.239 e. The molecule has 4 heteroatoms. The van der Waals surface area contributed by atoms with Gasteiger partial charge in [0.25, 0.3) is 0 Å². The Morgan fingerprint density at radius 1 is 1.14 bits per heavy atom. The van der Waals surface area contributed by atoms with Crippen LogP contribution < -0.4 is 15.8 Å². The van der Waals surface area contributed by atoms with Crippen LogP contribution in [0.5, 0.6) is 5.75 Å². The summed E-state index contributed by atoms with van der Waals surface area (Å²) >= 11 is 0. The Morgan fingerprint density at radius 2 is 1.77 bits per heavy atom. The van der Waals surface area contributed by atoms with E-state index in [4.69, 9.17) is 10.5 Å². The highest BCUT2D eigenvalue weighted by Crippen LogP contribution is 2.18. The van der Waals surface area contributed by atoms with E-state index in [1.54, 1.807) is 0 Å². The molecule has 0 saturated carbocycles. The topological polar surface area (TPSA) is 64.3 Å². The zero-order valence-corrected chi connectivity index (χ0v) is 13.0. The zero-order chi connectivity index (χ0) is 15.9. The van der Waals surface area contributed by atoms with Crippen molar-refractivity contribution >= 4 is 5.91 Å². The van der Waals surface area contributed by atoms with Gasteiger partial charge in [-0.15, -0.1) is 0 Å². The lowest BCUT2D eigenvalue weighted by molar-refractivity contribution is -0.120. The van der Waals surface area contributed by atoms with Crippen molar-refractivity contribution in [1.29, 1.82) is 0 Å². The fraction of sp³-hybridized carbons (Fsp3) is 0.278. The molecule has 0 unspecified atom stereocenters. The number of nitrogens with one attached hydrogen (secondary N) is 1. The van der Waals surface area contributed by atoms with E-state index in [1.807, 2.05) is 68.4 Å². The molecule has 116 valence electrons. The molecule has 0 spiro atoms. The zero-order valence-electron chi connectivity index (χ0n) is 13.0. The van der Waals surface area contributed by atoms with Gasteiger partial charge in [0, 0.05) is 6.54 Å². The first-order chi connectivity index (χ1) is 10.6. The molecule has 22 heavy (non-hydrogen) atoms. The second-order valence-corrected chi connectivity index (χ2v) is 5.35. The third-order valence-corrected chi connectivity index (χ3v) is 3.45. The van der Waals surface area contributed by atoms with Crippen LogP contribution >= 0.6 is 0 Å². The van der Waals surface area contributed by atoms with Gasteiger partial charge in [-0.3, -0.25) is 10.1 Å². The first-order valence-corrected chi connectivity index (χ1v) is 7.38. The fourth-order valence-electron chi connectivity index (χ4n) is 2.26. The molecule has 0 aliphatic heterocycles. The summed E-state index contributed by atoms with van der Waals surface area (Å²) in [5.41, 5.74) is 7.44. The summed E-state index contributed by atoms with van der Waals surface area (Å²) in [6.07, 6.45) is -0.0772. The van der Waals surface area contributed by atoms with Crippen molar-refractivity contribution in [2.75, 3.05) is 6.54 Å². The van der Waals surface area contributed by atoms with Crippen molar-refractivity contribution < 1.29 is 9.53 Å². The summed E-state index contributed by atoms with van der Waals surface area (Å²) < 4.78 is 5.90. The molecule has 4 nitrogen and oxygen atoms in total. The number of amides is 1. The van der Waals surface area contributed by atoms with E-state index in [0.717, 1.165) is 16.9 Å². The molecule has 1 amide bonds. The molecule has 0 aromatic heterocycles. The van der Waals surface area contributed by atoms with Crippen LogP contribution in [0.4, 0.5) is 0 Å². The predicted octanol–water partition coefficient (Wildman–Crippen LogP) is 2.58. The van der Waals surface area contributed by atoms with E-state index in [-0.39, 0.29) is 6.10 Å². The Balaban J connectivity index is 1.95. The minimum Gasteiger partial charge on any atom is -0.489 e. The summed E-state index contributed by atoms with van der Waals surface area (Å²) in [7, 11) is 0. The SMILES string of the molecule is Cc1ccccc1O[C@@H](C)CN[C@@H](C(N)=O)c1ccccc1. The number of ether oxygens (including phenoxy) is 1. The molecule has 2 aromatic rings. The van der Waals surface area contributed by atoms with Crippen molar-refractivity contribution in [2.24, 2.45) is 5.73 Å². The number of nitrogens with two attached hydrogens (primary N) is 1. The Kier molecular flexibility index (Phi) is 5.55. The molecular weight excluding hydrogens is 276 g/mol. The van der Waals surface area contributed by atoms with Crippen LogP contribution in [-0.2, 0) is 4.79 Å². The first kappa shape index (κ1) is 16.0. The van der Waals surface area contributed by atoms with E-state index in [0.29, 0.717) is 6.54 Å². The number of carbonyl (C=O) groups excluding carboxylic acids is 1. The Bertz CT molecular complexity index is 613. The van der Waals surface area contributed by atoms with Crippen molar-refractivity contribution in [2.45, 2.75) is 26.0 Å². The molecule has 0 aliphatic rings. The maximum Gasteiger partial charge on any atom is 0.239 e. The van der Waals surface area contributed by atoms with Crippen LogP contribution in [0.25, 0.3) is 0 Å². The monoisotopic (exact) mass is 298 g/mol. The molecule has 2 rings (SSSR count). The van der Waals surface area contributed by atoms with Gasteiger partial charge in [0.2, 0.25) is 5.91 Å². The summed E-state index contributed by atoms with van der Waals surface area (Å²) in [6.45, 7) is 4.49. The maximum absolute atomic E-state index is 11.6. The number of hydrogen-bond acceptors (Lipinski definition) is 3. The molecule has 0 heterocycles. The fourth-order valence-corrected chi connectivity index (χ4v) is 2.26. The van der Waals surface area contributed by atoms with Gasteiger partial charge in [0.1, 0.15) is 17.9 Å². The number of carbonyl (C=O) groups is 1. The van der Waals surface area contributed by atoms with Gasteiger partial charge in [-0.25, -0.2) is 0 Å². The van der Waals surface area contributed by atoms with Crippen LogP contribution in [-0.4, -0.2) is 18.6 Å². The first-order valence-electron chi connectivity index (χ1n) is 7.38. The van der Waals surface area contributed by atoms with E-state index >= 15 is 0 Å². The third kappa shape index (κ3) is 4.33. The summed E-state index contributed by atoms with van der Waals surface area (Å²) in [6, 6.07) is 16.8. The molecule has 0 aliphatic carbocycles. The lowest BCUT2D eigenvalue weighted by Gasteiger charge is -2.21. The van der Waals surface area contributed by atoms with Gasteiger partial charge in [0.15, 0.2) is 0 Å². The number of benzene rings is 2. The summed E-state index contributed by atoms with van der Waals surface area (Å²) in [5, 5.41) is 3.18. The number of primary amides is 1. The van der Waals surface area contributed by atoms with Crippen LogP contribution in [0.2, 0.25) is 0 Å². The van der Waals surface area contributed by atoms with Gasteiger partial charge in [-0.2, -0.15) is 0 Å². The molecule has 0 bridgehead atoms. The summed E-state index contributed by atoms with van der Waals surface area (Å²) in [5.74, 6) is 0.460. The van der Waals surface area contributed by atoms with Crippen molar-refractivity contribution in [3.63, 3.8) is 0 Å². The standard InChI is InChI=1S/C18H22N2O2/c1-13-8-6-7-11-16(13)22-14(2)12-20-17(18(19)21)15-9-4-3-5-10-15/h3-11,14,17,20H,12H2,1-2H3,(H2,19,21)/t14-,17+/m0/s1. The average molecular weight is 298 g/mol. The quantitative estimate of drug-likeness (QED) is 0.825. The maximum atomic E-state index is 11.6. The second kappa shape index (κ2) is 7.61. The van der Waals surface area contributed by atoms with Gasteiger partial charge < -0.3 is 10.5 Å². The molecule has 3 N–H and O–H groups in total. The molecular formula is C18H22N2O2. The molecule has 0 fully saturated rings. The minimum atomic E-state index is -0.510. The van der Waals surface area contributed by atoms with Gasteiger partial charge in [-0.1, -0.05) is 48.5 Å². The van der Waals surface area contributed by atoms with E-state index in [9.17, 15) is 4.79 Å². The predicted molar refractivity (Wildman–Crippen MR) is 87.6 cm³/mol. The molecule has 2 aromatic carbocycles. The molecule has 0 saturated heterocycles. The van der Waals surface area contributed by atoms with E-state index in [1.165, 1.54) is 0 Å². The number of rotatable bonds is 7. The number of aryl methyl sites for hydroxylation is 1. The van der Waals surface area contributed by atoms with Crippen LogP contribution in [0.15, 0.2) is 54.6 Å². The van der Waals surface area contributed by atoms with Crippen LogP contribution in [0, 0.1) is 6.92 Å². The Hall–Kier alpha value is -2.33. The highest BCUT2D eigenvalue weighted by molar-refractivity contribution is 5.81. The summed E-state index contributed by atoms with van der Waals surface area (Å²) in [4.78, 5) is 11.6. The van der Waals surface area contributed by atoms with Gasteiger partial charge >= 0.3 is 0 Å². The van der Waals surface area contributed by atoms with Gasteiger partial charge in [0.05, 0.1) is 0 Å². The average Bonchev–Trinajstić information content (AvgIpc) is 2.50. The number of para-hydroxylation sites is 1. The minimum absolute atomic E-state index is 0.0772. The largest absolute Gasteiger partial charge is 0.489 e. The molecule has 0 radical (unpaired) electrons. The normalized spacial score (nSPS) is 13.4. The van der Waals surface area contributed by atoms with Crippen LogP contribution in [0.1, 0.15) is 24.1 Å². The van der Waals surface area contributed by atoms with Gasteiger partial charge in [-0.05, 0) is 31.0 Å². The van der Waals surface area contributed by atoms with Crippen LogP contribution in [0.3, 0.4) is 0 Å². The van der Waals surface area contributed by atoms with Crippen molar-refractivity contribution in [3.8, 4) is 5.75 Å². The lowest BCUT2D eigenvalue weighted by atomic mass is 10.1. The van der Waals surface area contributed by atoms with E-state index < -0.39 is 11.9 Å². The third-order valence-electron chi connectivity index (χ3n) is 3.45. The number of hydrogen-bond donors (Lipinski definition) is 2. The lowest BCUT2D eigenvalue weighted by Crippen LogP contribution is -2.38. The highest BCUT2D eigenvalue weighted by Gasteiger charge is 2.18.